The molecule has 1 aliphatic heterocycles. The van der Waals surface area contributed by atoms with Gasteiger partial charge >= 0.3 is 0 Å². The fraction of sp³-hybridized carbons (Fsp3) is 0.643. The second-order valence-corrected chi connectivity index (χ2v) is 6.54. The summed E-state index contributed by atoms with van der Waals surface area (Å²) in [5.74, 6) is 8.84. The number of nitrogens with zero attached hydrogens (tertiary/aromatic N) is 2. The van der Waals surface area contributed by atoms with E-state index in [1.807, 2.05) is 37.9 Å². The number of ether oxygens (including phenoxy) is 1. The molecule has 5 nitrogen and oxygen atoms in total. The maximum atomic E-state index is 5.79. The number of nitrogens with one attached hydrogen (secondary N) is 1. The van der Waals surface area contributed by atoms with Gasteiger partial charge in [0.2, 0.25) is 0 Å². The van der Waals surface area contributed by atoms with Crippen LogP contribution >= 0.6 is 11.8 Å². The van der Waals surface area contributed by atoms with Crippen molar-refractivity contribution >= 4 is 11.8 Å². The highest BCUT2D eigenvalue weighted by Crippen LogP contribution is 2.27. The van der Waals surface area contributed by atoms with E-state index in [1.54, 1.807) is 6.20 Å². The van der Waals surface area contributed by atoms with E-state index in [9.17, 15) is 0 Å². The Hall–Kier alpha value is -0.820. The van der Waals surface area contributed by atoms with Crippen LogP contribution in [0.3, 0.4) is 0 Å². The van der Waals surface area contributed by atoms with Crippen LogP contribution in [0.5, 0.6) is 5.75 Å². The molecule has 112 valence electrons. The van der Waals surface area contributed by atoms with Gasteiger partial charge < -0.3 is 4.74 Å². The minimum atomic E-state index is 0.0658. The molecule has 20 heavy (non-hydrogen) atoms. The Morgan fingerprint density at radius 3 is 2.95 bits per heavy atom. The molecule has 0 saturated carbocycles. The van der Waals surface area contributed by atoms with Crippen molar-refractivity contribution in [3.63, 3.8) is 0 Å². The van der Waals surface area contributed by atoms with Crippen LogP contribution in [0.1, 0.15) is 25.5 Å². The van der Waals surface area contributed by atoms with Crippen LogP contribution in [-0.2, 0) is 0 Å². The van der Waals surface area contributed by atoms with Crippen molar-refractivity contribution in [2.75, 3.05) is 25.1 Å². The van der Waals surface area contributed by atoms with Crippen molar-refractivity contribution in [3.8, 4) is 5.75 Å². The highest BCUT2D eigenvalue weighted by Gasteiger charge is 2.29. The first kappa shape index (κ1) is 15.6. The van der Waals surface area contributed by atoms with Crippen molar-refractivity contribution in [1.29, 1.82) is 0 Å². The van der Waals surface area contributed by atoms with Gasteiger partial charge in [-0.3, -0.25) is 21.2 Å². The normalized spacial score (nSPS) is 21.9. The molecule has 0 radical (unpaired) electrons. The fourth-order valence-electron chi connectivity index (χ4n) is 2.43. The predicted octanol–water partition coefficient (Wildman–Crippen LogP) is 1.42. The Kier molecular flexibility index (Phi) is 5.65. The Morgan fingerprint density at radius 2 is 2.30 bits per heavy atom. The second-order valence-electron chi connectivity index (χ2n) is 5.39. The lowest BCUT2D eigenvalue weighted by molar-refractivity contribution is 0.214. The van der Waals surface area contributed by atoms with Gasteiger partial charge in [-0.1, -0.05) is 0 Å². The highest BCUT2D eigenvalue weighted by atomic mass is 32.2. The Morgan fingerprint density at radius 1 is 1.50 bits per heavy atom. The molecule has 2 rings (SSSR count). The Balaban J connectivity index is 2.18. The smallest absolute Gasteiger partial charge is 0.138 e. The molecule has 0 aliphatic carbocycles. The van der Waals surface area contributed by atoms with Gasteiger partial charge in [0.15, 0.2) is 0 Å². The number of thioether (sulfide) groups is 1. The van der Waals surface area contributed by atoms with E-state index in [0.717, 1.165) is 23.6 Å². The van der Waals surface area contributed by atoms with Gasteiger partial charge in [0.25, 0.3) is 0 Å². The first-order valence-corrected chi connectivity index (χ1v) is 8.13. The third-order valence-electron chi connectivity index (χ3n) is 3.47. The molecule has 1 saturated heterocycles. The summed E-state index contributed by atoms with van der Waals surface area (Å²) in [6, 6.07) is 2.47. The number of rotatable bonds is 5. The van der Waals surface area contributed by atoms with Crippen LogP contribution in [0.25, 0.3) is 0 Å². The monoisotopic (exact) mass is 296 g/mol. The molecule has 6 heteroatoms. The Labute approximate surface area is 125 Å². The average molecular weight is 296 g/mol. The van der Waals surface area contributed by atoms with Crippen LogP contribution in [0.2, 0.25) is 0 Å². The molecule has 2 unspecified atom stereocenters. The molecular formula is C14H24N4OS. The number of hydrazine groups is 1. The highest BCUT2D eigenvalue weighted by molar-refractivity contribution is 7.99. The summed E-state index contributed by atoms with van der Waals surface area (Å²) in [6.07, 6.45) is 3.76. The summed E-state index contributed by atoms with van der Waals surface area (Å²) in [5.41, 5.74) is 4.02. The van der Waals surface area contributed by atoms with Gasteiger partial charge in [-0.25, -0.2) is 0 Å². The van der Waals surface area contributed by atoms with E-state index in [2.05, 4.69) is 22.4 Å². The van der Waals surface area contributed by atoms with Crippen LogP contribution < -0.4 is 16.0 Å². The maximum absolute atomic E-state index is 5.79. The lowest BCUT2D eigenvalue weighted by atomic mass is 10.0. The molecule has 1 aromatic rings. The third-order valence-corrected chi connectivity index (χ3v) is 4.52. The van der Waals surface area contributed by atoms with Crippen molar-refractivity contribution in [1.82, 2.24) is 15.3 Å². The quantitative estimate of drug-likeness (QED) is 0.633. The van der Waals surface area contributed by atoms with E-state index in [1.165, 1.54) is 5.75 Å². The number of aromatic nitrogens is 1. The maximum Gasteiger partial charge on any atom is 0.138 e. The van der Waals surface area contributed by atoms with Crippen molar-refractivity contribution in [3.05, 3.63) is 24.0 Å². The van der Waals surface area contributed by atoms with E-state index in [4.69, 9.17) is 10.6 Å². The number of pyridine rings is 1. The minimum Gasteiger partial charge on any atom is -0.489 e. The van der Waals surface area contributed by atoms with Gasteiger partial charge in [0.1, 0.15) is 5.75 Å². The van der Waals surface area contributed by atoms with E-state index >= 15 is 0 Å². The summed E-state index contributed by atoms with van der Waals surface area (Å²) in [6.45, 7) is 5.11. The molecule has 1 fully saturated rings. The largest absolute Gasteiger partial charge is 0.489 e. The Bertz CT molecular complexity index is 429. The summed E-state index contributed by atoms with van der Waals surface area (Å²) < 4.78 is 5.71. The average Bonchev–Trinajstić information content (AvgIpc) is 2.41. The number of hydrogen-bond donors (Lipinski definition) is 2. The molecule has 1 aliphatic rings. The zero-order valence-electron chi connectivity index (χ0n) is 12.4. The van der Waals surface area contributed by atoms with Gasteiger partial charge in [-0.05, 0) is 32.5 Å². The zero-order chi connectivity index (χ0) is 14.5. The summed E-state index contributed by atoms with van der Waals surface area (Å²) in [5, 5.41) is 0. The summed E-state index contributed by atoms with van der Waals surface area (Å²) in [7, 11) is 2.15. The van der Waals surface area contributed by atoms with Crippen LogP contribution in [0.4, 0.5) is 0 Å². The van der Waals surface area contributed by atoms with Gasteiger partial charge in [0.05, 0.1) is 18.3 Å². The minimum absolute atomic E-state index is 0.0658. The lowest BCUT2D eigenvalue weighted by Crippen LogP contribution is -2.49. The van der Waals surface area contributed by atoms with Gasteiger partial charge in [0, 0.05) is 30.3 Å². The number of likely N-dealkylation sites (N-methyl/N-ethyl adjacent to an activating group) is 1. The number of hydrogen-bond acceptors (Lipinski definition) is 6. The van der Waals surface area contributed by atoms with Crippen molar-refractivity contribution in [2.24, 2.45) is 5.84 Å². The molecule has 0 spiro atoms. The number of nitrogens with two attached hydrogens (primary N) is 1. The molecular weight excluding hydrogens is 272 g/mol. The third kappa shape index (κ3) is 3.85. The van der Waals surface area contributed by atoms with E-state index in [-0.39, 0.29) is 12.1 Å². The van der Waals surface area contributed by atoms with Crippen LogP contribution in [-0.4, -0.2) is 47.1 Å². The van der Waals surface area contributed by atoms with Crippen molar-refractivity contribution < 1.29 is 4.74 Å². The van der Waals surface area contributed by atoms with Crippen LogP contribution in [0, 0.1) is 0 Å². The topological polar surface area (TPSA) is 63.4 Å². The second kappa shape index (κ2) is 7.26. The fourth-order valence-corrected chi connectivity index (χ4v) is 3.70. The molecule has 3 N–H and O–H groups in total. The van der Waals surface area contributed by atoms with Crippen LogP contribution in [0.15, 0.2) is 18.5 Å². The summed E-state index contributed by atoms with van der Waals surface area (Å²) in [4.78, 5) is 6.64. The molecule has 0 amide bonds. The van der Waals surface area contributed by atoms with E-state index in [0.29, 0.717) is 6.04 Å². The van der Waals surface area contributed by atoms with E-state index < -0.39 is 0 Å². The summed E-state index contributed by atoms with van der Waals surface area (Å²) >= 11 is 1.97. The SMILES string of the molecule is CC(C)Oc1cncc(C(NN)C2CSCCN2C)c1. The van der Waals surface area contributed by atoms with Gasteiger partial charge in [-0.2, -0.15) is 11.8 Å². The zero-order valence-corrected chi connectivity index (χ0v) is 13.2. The molecule has 1 aromatic heterocycles. The van der Waals surface area contributed by atoms with Crippen molar-refractivity contribution in [2.45, 2.75) is 32.0 Å². The molecule has 0 bridgehead atoms. The predicted molar refractivity (Wildman–Crippen MR) is 83.8 cm³/mol. The first-order chi connectivity index (χ1) is 9.61. The first-order valence-electron chi connectivity index (χ1n) is 6.97. The van der Waals surface area contributed by atoms with Gasteiger partial charge in [-0.15, -0.1) is 0 Å². The molecule has 0 aromatic carbocycles. The standard InChI is InChI=1S/C14H24N4OS/c1-10(2)19-12-6-11(7-16-8-12)14(17-15)13-9-20-5-4-18(13)3/h6-8,10,13-14,17H,4-5,9,15H2,1-3H3. The molecule has 2 atom stereocenters. The molecule has 2 heterocycles. The lowest BCUT2D eigenvalue weighted by Gasteiger charge is -2.37.